The summed E-state index contributed by atoms with van der Waals surface area (Å²) in [5.41, 5.74) is 0.412. The summed E-state index contributed by atoms with van der Waals surface area (Å²) >= 11 is 0. The van der Waals surface area contributed by atoms with Crippen molar-refractivity contribution in [3.05, 3.63) is 53.7 Å². The first-order valence-electron chi connectivity index (χ1n) is 8.71. The van der Waals surface area contributed by atoms with Crippen LogP contribution in [0.15, 0.2) is 35.1 Å². The maximum atomic E-state index is 13.7. The van der Waals surface area contributed by atoms with Crippen molar-refractivity contribution < 1.29 is 18.0 Å². The summed E-state index contributed by atoms with van der Waals surface area (Å²) < 4.78 is 32.0. The van der Waals surface area contributed by atoms with Crippen molar-refractivity contribution in [2.24, 2.45) is 5.92 Å². The van der Waals surface area contributed by atoms with Gasteiger partial charge in [-0.1, -0.05) is 0 Å². The van der Waals surface area contributed by atoms with Gasteiger partial charge in [0.25, 0.3) is 5.89 Å². The Balaban J connectivity index is 1.38. The first-order valence-corrected chi connectivity index (χ1v) is 8.71. The molecule has 1 aromatic heterocycles. The van der Waals surface area contributed by atoms with E-state index in [1.165, 1.54) is 24.6 Å². The molecule has 4 nitrogen and oxygen atoms in total. The van der Waals surface area contributed by atoms with Gasteiger partial charge in [-0.25, -0.2) is 13.8 Å². The summed E-state index contributed by atoms with van der Waals surface area (Å²) in [4.78, 5) is 17.9. The van der Waals surface area contributed by atoms with Crippen LogP contribution in [0.4, 0.5) is 8.78 Å². The molecule has 0 bridgehead atoms. The Bertz CT molecular complexity index is 695. The highest BCUT2D eigenvalue weighted by Crippen LogP contribution is 2.24. The number of ketones is 1. The van der Waals surface area contributed by atoms with Gasteiger partial charge in [0.05, 0.1) is 6.20 Å². The number of hydrogen-bond acceptors (Lipinski definition) is 4. The molecule has 1 aliphatic heterocycles. The molecule has 3 rings (SSSR count). The fourth-order valence-electron chi connectivity index (χ4n) is 3.36. The minimum absolute atomic E-state index is 0.0518. The summed E-state index contributed by atoms with van der Waals surface area (Å²) in [7, 11) is 0. The van der Waals surface area contributed by atoms with Gasteiger partial charge in [-0.3, -0.25) is 9.69 Å². The molecule has 134 valence electrons. The van der Waals surface area contributed by atoms with Crippen molar-refractivity contribution in [3.8, 4) is 0 Å². The fraction of sp³-hybridized carbons (Fsp3) is 0.474. The van der Waals surface area contributed by atoms with E-state index in [0.717, 1.165) is 44.8 Å². The molecular weight excluding hydrogens is 326 g/mol. The lowest BCUT2D eigenvalue weighted by molar-refractivity contribution is 0.0940. The maximum absolute atomic E-state index is 13.7. The van der Waals surface area contributed by atoms with Crippen LogP contribution < -0.4 is 0 Å². The Morgan fingerprint density at radius 3 is 2.80 bits per heavy atom. The van der Waals surface area contributed by atoms with E-state index in [4.69, 9.17) is 4.42 Å². The number of rotatable bonds is 7. The summed E-state index contributed by atoms with van der Waals surface area (Å²) in [6, 6.07) is 3.60. The molecule has 6 heteroatoms. The molecule has 25 heavy (non-hydrogen) atoms. The number of carbonyl (C=O) groups excluding carboxylic acids is 1. The van der Waals surface area contributed by atoms with Gasteiger partial charge in [0.2, 0.25) is 5.78 Å². The molecule has 0 spiro atoms. The van der Waals surface area contributed by atoms with Gasteiger partial charge >= 0.3 is 0 Å². The van der Waals surface area contributed by atoms with Gasteiger partial charge in [-0.05, 0) is 62.9 Å². The van der Waals surface area contributed by atoms with Crippen LogP contribution >= 0.6 is 0 Å². The van der Waals surface area contributed by atoms with Crippen molar-refractivity contribution in [2.75, 3.05) is 13.1 Å². The molecule has 0 atom stereocenters. The molecule has 0 amide bonds. The lowest BCUT2D eigenvalue weighted by Crippen LogP contribution is -2.33. The van der Waals surface area contributed by atoms with Crippen LogP contribution in [0, 0.1) is 17.6 Å². The van der Waals surface area contributed by atoms with Gasteiger partial charge in [-0.15, -0.1) is 0 Å². The number of aromatic nitrogens is 1. The summed E-state index contributed by atoms with van der Waals surface area (Å²) in [6.07, 6.45) is 7.19. The van der Waals surface area contributed by atoms with Gasteiger partial charge in [0.15, 0.2) is 0 Å². The van der Waals surface area contributed by atoms with Crippen LogP contribution in [0.1, 0.15) is 48.4 Å². The summed E-state index contributed by atoms with van der Waals surface area (Å²) in [6.45, 7) is 2.18. The third kappa shape index (κ3) is 4.95. The molecule has 0 unspecified atom stereocenters. The van der Waals surface area contributed by atoms with Crippen molar-refractivity contribution in [3.63, 3.8) is 0 Å². The molecule has 1 saturated heterocycles. The molecule has 0 saturated carbocycles. The minimum atomic E-state index is -0.401. The number of nitrogens with zero attached hydrogens (tertiary/aromatic N) is 2. The van der Waals surface area contributed by atoms with Crippen molar-refractivity contribution in [1.29, 1.82) is 0 Å². The monoisotopic (exact) mass is 348 g/mol. The highest BCUT2D eigenvalue weighted by molar-refractivity contribution is 5.91. The number of hydrogen-bond donors (Lipinski definition) is 0. The Kier molecular flexibility index (Phi) is 5.91. The maximum Gasteiger partial charge on any atom is 0.263 e. The van der Waals surface area contributed by atoms with E-state index in [0.29, 0.717) is 24.4 Å². The molecular formula is C19H22F2N2O2. The molecule has 0 radical (unpaired) electrons. The number of carbonyl (C=O) groups is 1. The van der Waals surface area contributed by atoms with Crippen LogP contribution in [0.3, 0.4) is 0 Å². The fourth-order valence-corrected chi connectivity index (χ4v) is 3.36. The Labute approximate surface area is 145 Å². The third-order valence-corrected chi connectivity index (χ3v) is 4.80. The van der Waals surface area contributed by atoms with E-state index >= 15 is 0 Å². The minimum Gasteiger partial charge on any atom is -0.442 e. The van der Waals surface area contributed by atoms with E-state index < -0.39 is 5.82 Å². The van der Waals surface area contributed by atoms with Crippen LogP contribution in [-0.2, 0) is 6.54 Å². The smallest absolute Gasteiger partial charge is 0.263 e. The molecule has 2 aromatic rings. The second kappa shape index (κ2) is 8.34. The van der Waals surface area contributed by atoms with Gasteiger partial charge in [0, 0.05) is 18.5 Å². The SMILES string of the molecule is O=C(CCCC1CCN(Cc2cc(F)ccc2F)CC1)c1ncco1. The van der Waals surface area contributed by atoms with Gasteiger partial charge in [-0.2, -0.15) is 0 Å². The molecule has 1 aromatic carbocycles. The Morgan fingerprint density at radius 2 is 2.08 bits per heavy atom. The molecule has 0 N–H and O–H groups in total. The van der Waals surface area contributed by atoms with E-state index in [9.17, 15) is 13.6 Å². The van der Waals surface area contributed by atoms with Crippen molar-refractivity contribution >= 4 is 5.78 Å². The summed E-state index contributed by atoms with van der Waals surface area (Å²) in [5, 5.41) is 0. The number of piperidine rings is 1. The molecule has 2 heterocycles. The second-order valence-corrected chi connectivity index (χ2v) is 6.61. The number of Topliss-reactive ketones (excluding diaryl/α,β-unsaturated/α-hetero) is 1. The molecule has 0 aliphatic carbocycles. The quantitative estimate of drug-likeness (QED) is 0.703. The van der Waals surface area contributed by atoms with Gasteiger partial charge in [0.1, 0.15) is 17.9 Å². The van der Waals surface area contributed by atoms with E-state index in [1.807, 2.05) is 0 Å². The largest absolute Gasteiger partial charge is 0.442 e. The zero-order valence-electron chi connectivity index (χ0n) is 14.1. The number of likely N-dealkylation sites (tertiary alicyclic amines) is 1. The number of benzene rings is 1. The Hall–Kier alpha value is -2.08. The average molecular weight is 348 g/mol. The van der Waals surface area contributed by atoms with Crippen LogP contribution in [0.2, 0.25) is 0 Å². The first-order chi connectivity index (χ1) is 12.1. The predicted molar refractivity (Wildman–Crippen MR) is 89.0 cm³/mol. The van der Waals surface area contributed by atoms with Crippen molar-refractivity contribution in [1.82, 2.24) is 9.88 Å². The molecule has 1 fully saturated rings. The number of halogens is 2. The van der Waals surface area contributed by atoms with E-state index in [2.05, 4.69) is 9.88 Å². The topological polar surface area (TPSA) is 46.3 Å². The standard InChI is InChI=1S/C19H22F2N2O2/c20-16-4-5-17(21)15(12-16)13-23-9-6-14(7-10-23)2-1-3-18(24)19-22-8-11-25-19/h4-5,8,11-12,14H,1-3,6-7,9-10,13H2. The first kappa shape index (κ1) is 17.7. The van der Waals surface area contributed by atoms with Crippen LogP contribution in [-0.4, -0.2) is 28.8 Å². The lowest BCUT2D eigenvalue weighted by Gasteiger charge is -2.32. The van der Waals surface area contributed by atoms with Crippen molar-refractivity contribution in [2.45, 2.75) is 38.6 Å². The highest BCUT2D eigenvalue weighted by atomic mass is 19.1. The second-order valence-electron chi connectivity index (χ2n) is 6.61. The zero-order chi connectivity index (χ0) is 17.6. The van der Waals surface area contributed by atoms with Gasteiger partial charge < -0.3 is 4.42 Å². The predicted octanol–water partition coefficient (Wildman–Crippen LogP) is 4.22. The average Bonchev–Trinajstić information content (AvgIpc) is 3.14. The summed E-state index contributed by atoms with van der Waals surface area (Å²) in [5.74, 6) is -0.0440. The molecule has 1 aliphatic rings. The lowest BCUT2D eigenvalue weighted by atomic mass is 9.91. The van der Waals surface area contributed by atoms with Crippen LogP contribution in [0.5, 0.6) is 0 Å². The zero-order valence-corrected chi connectivity index (χ0v) is 14.1. The van der Waals surface area contributed by atoms with Crippen LogP contribution in [0.25, 0.3) is 0 Å². The normalized spacial score (nSPS) is 16.2. The number of oxazole rings is 1. The highest BCUT2D eigenvalue weighted by Gasteiger charge is 2.21. The third-order valence-electron chi connectivity index (χ3n) is 4.80. The Morgan fingerprint density at radius 1 is 1.28 bits per heavy atom. The van der Waals surface area contributed by atoms with E-state index in [1.54, 1.807) is 0 Å². The van der Waals surface area contributed by atoms with E-state index in [-0.39, 0.29) is 17.5 Å².